The molecular weight excluding hydrogens is 292 g/mol. The zero-order valence-corrected chi connectivity index (χ0v) is 13.0. The minimum absolute atomic E-state index is 0.268. The van der Waals surface area contributed by atoms with Crippen LogP contribution < -0.4 is 9.47 Å². The molecule has 118 valence electrons. The van der Waals surface area contributed by atoms with Crippen molar-refractivity contribution in [2.75, 3.05) is 13.2 Å². The molecule has 1 aliphatic rings. The Bertz CT molecular complexity index is 717. The van der Waals surface area contributed by atoms with Crippen molar-refractivity contribution in [1.29, 1.82) is 0 Å². The van der Waals surface area contributed by atoms with Crippen LogP contribution in [0.3, 0.4) is 0 Å². The Morgan fingerprint density at radius 1 is 1.09 bits per heavy atom. The van der Waals surface area contributed by atoms with Gasteiger partial charge in [-0.25, -0.2) is 4.79 Å². The first-order chi connectivity index (χ1) is 11.2. The van der Waals surface area contributed by atoms with E-state index in [-0.39, 0.29) is 12.6 Å². The van der Waals surface area contributed by atoms with Crippen LogP contribution in [-0.2, 0) is 16.1 Å². The molecule has 0 amide bonds. The van der Waals surface area contributed by atoms with Crippen molar-refractivity contribution in [1.82, 2.24) is 0 Å². The van der Waals surface area contributed by atoms with Crippen molar-refractivity contribution in [3.8, 4) is 11.5 Å². The van der Waals surface area contributed by atoms with Gasteiger partial charge in [0, 0.05) is 6.08 Å². The van der Waals surface area contributed by atoms with Crippen LogP contribution in [0.2, 0.25) is 0 Å². The maximum atomic E-state index is 11.8. The third-order valence-electron chi connectivity index (χ3n) is 3.48. The fourth-order valence-electron chi connectivity index (χ4n) is 2.21. The molecule has 0 radical (unpaired) electrons. The smallest absolute Gasteiger partial charge is 0.331 e. The number of benzene rings is 2. The Morgan fingerprint density at radius 2 is 1.83 bits per heavy atom. The van der Waals surface area contributed by atoms with Crippen LogP contribution in [-0.4, -0.2) is 19.2 Å². The molecule has 4 nitrogen and oxygen atoms in total. The Kier molecular flexibility index (Phi) is 4.62. The number of esters is 1. The molecule has 0 fully saturated rings. The first-order valence-electron chi connectivity index (χ1n) is 7.51. The van der Waals surface area contributed by atoms with Crippen LogP contribution >= 0.6 is 0 Å². The van der Waals surface area contributed by atoms with Crippen LogP contribution in [0.5, 0.6) is 11.5 Å². The molecule has 0 spiro atoms. The van der Waals surface area contributed by atoms with Crippen LogP contribution in [0.25, 0.3) is 6.08 Å². The molecule has 2 aromatic rings. The first-order valence-corrected chi connectivity index (χ1v) is 7.51. The quantitative estimate of drug-likeness (QED) is 0.640. The normalized spacial score (nSPS) is 13.1. The van der Waals surface area contributed by atoms with Crippen molar-refractivity contribution < 1.29 is 19.0 Å². The molecule has 1 aliphatic heterocycles. The predicted molar refractivity (Wildman–Crippen MR) is 87.4 cm³/mol. The summed E-state index contributed by atoms with van der Waals surface area (Å²) in [4.78, 5) is 11.8. The highest BCUT2D eigenvalue weighted by atomic mass is 16.6. The number of aryl methyl sites for hydroxylation is 1. The third kappa shape index (κ3) is 4.13. The van der Waals surface area contributed by atoms with Crippen molar-refractivity contribution >= 4 is 12.0 Å². The van der Waals surface area contributed by atoms with Gasteiger partial charge in [0.1, 0.15) is 19.8 Å². The van der Waals surface area contributed by atoms with E-state index in [2.05, 4.69) is 0 Å². The summed E-state index contributed by atoms with van der Waals surface area (Å²) < 4.78 is 16.2. The minimum Gasteiger partial charge on any atom is -0.486 e. The van der Waals surface area contributed by atoms with Crippen molar-refractivity contribution in [3.63, 3.8) is 0 Å². The molecule has 1 heterocycles. The fraction of sp³-hybridized carbons (Fsp3) is 0.211. The zero-order valence-electron chi connectivity index (χ0n) is 13.0. The molecule has 0 N–H and O–H groups in total. The Balaban J connectivity index is 1.56. The molecular formula is C19H18O4. The van der Waals surface area contributed by atoms with E-state index in [0.717, 1.165) is 16.9 Å². The number of hydrogen-bond acceptors (Lipinski definition) is 4. The summed E-state index contributed by atoms with van der Waals surface area (Å²) in [5.41, 5.74) is 3.01. The van der Waals surface area contributed by atoms with E-state index in [1.807, 2.05) is 49.4 Å². The summed E-state index contributed by atoms with van der Waals surface area (Å²) in [6.45, 7) is 3.39. The Morgan fingerprint density at radius 3 is 2.61 bits per heavy atom. The fourth-order valence-corrected chi connectivity index (χ4v) is 2.21. The van der Waals surface area contributed by atoms with Gasteiger partial charge < -0.3 is 14.2 Å². The highest BCUT2D eigenvalue weighted by Gasteiger charge is 2.10. The molecule has 0 aromatic heterocycles. The molecule has 2 aromatic carbocycles. The number of carbonyl (C=O) groups is 1. The number of ether oxygens (including phenoxy) is 3. The summed E-state index contributed by atoms with van der Waals surface area (Å²) >= 11 is 0. The van der Waals surface area contributed by atoms with Crippen molar-refractivity contribution in [3.05, 3.63) is 65.2 Å². The minimum atomic E-state index is -0.375. The van der Waals surface area contributed by atoms with Crippen LogP contribution in [0.15, 0.2) is 48.5 Å². The summed E-state index contributed by atoms with van der Waals surface area (Å²) in [5, 5.41) is 0. The predicted octanol–water partition coefficient (Wildman–Crippen LogP) is 3.52. The van der Waals surface area contributed by atoms with E-state index in [1.54, 1.807) is 6.08 Å². The van der Waals surface area contributed by atoms with E-state index in [4.69, 9.17) is 14.2 Å². The molecule has 0 saturated carbocycles. The topological polar surface area (TPSA) is 44.8 Å². The van der Waals surface area contributed by atoms with Gasteiger partial charge in [0.15, 0.2) is 11.5 Å². The van der Waals surface area contributed by atoms with Gasteiger partial charge in [-0.1, -0.05) is 35.9 Å². The highest BCUT2D eigenvalue weighted by Crippen LogP contribution is 2.31. The molecule has 0 unspecified atom stereocenters. The van der Waals surface area contributed by atoms with Crippen molar-refractivity contribution in [2.45, 2.75) is 13.5 Å². The molecule has 4 heteroatoms. The maximum absolute atomic E-state index is 11.8. The van der Waals surface area contributed by atoms with E-state index in [1.165, 1.54) is 11.6 Å². The van der Waals surface area contributed by atoms with Crippen LogP contribution in [0.1, 0.15) is 16.7 Å². The van der Waals surface area contributed by atoms with E-state index in [0.29, 0.717) is 19.0 Å². The Hall–Kier alpha value is -2.75. The standard InChI is InChI=1S/C19H18O4/c1-14-2-4-16(5-3-14)13-23-19(20)9-7-15-6-8-17-18(12-15)22-11-10-21-17/h2-9,12H,10-11,13H2,1H3/b9-7+. The van der Waals surface area contributed by atoms with Crippen LogP contribution in [0.4, 0.5) is 0 Å². The van der Waals surface area contributed by atoms with Gasteiger partial charge in [-0.2, -0.15) is 0 Å². The summed E-state index contributed by atoms with van der Waals surface area (Å²) in [6.07, 6.45) is 3.12. The SMILES string of the molecule is Cc1ccc(COC(=O)/C=C/c2ccc3c(c2)OCCO3)cc1. The van der Waals surface area contributed by atoms with Gasteiger partial charge in [-0.3, -0.25) is 0 Å². The number of hydrogen-bond donors (Lipinski definition) is 0. The Labute approximate surface area is 135 Å². The van der Waals surface area contributed by atoms with E-state index >= 15 is 0 Å². The molecule has 23 heavy (non-hydrogen) atoms. The summed E-state index contributed by atoms with van der Waals surface area (Å²) in [7, 11) is 0. The molecule has 0 aliphatic carbocycles. The van der Waals surface area contributed by atoms with Crippen LogP contribution in [0, 0.1) is 6.92 Å². The monoisotopic (exact) mass is 310 g/mol. The van der Waals surface area contributed by atoms with Gasteiger partial charge in [0.25, 0.3) is 0 Å². The zero-order chi connectivity index (χ0) is 16.1. The lowest BCUT2D eigenvalue weighted by Gasteiger charge is -2.18. The lowest BCUT2D eigenvalue weighted by atomic mass is 10.1. The average molecular weight is 310 g/mol. The third-order valence-corrected chi connectivity index (χ3v) is 3.48. The highest BCUT2D eigenvalue weighted by molar-refractivity contribution is 5.87. The molecule has 0 bridgehead atoms. The first kappa shape index (κ1) is 15.2. The summed E-state index contributed by atoms with van der Waals surface area (Å²) in [5.74, 6) is 1.06. The lowest BCUT2D eigenvalue weighted by molar-refractivity contribution is -0.138. The maximum Gasteiger partial charge on any atom is 0.331 e. The van der Waals surface area contributed by atoms with Gasteiger partial charge in [-0.05, 0) is 36.3 Å². The van der Waals surface area contributed by atoms with Gasteiger partial charge in [0.05, 0.1) is 0 Å². The van der Waals surface area contributed by atoms with Gasteiger partial charge in [0.2, 0.25) is 0 Å². The molecule has 3 rings (SSSR count). The second-order valence-corrected chi connectivity index (χ2v) is 5.33. The van der Waals surface area contributed by atoms with Gasteiger partial charge in [-0.15, -0.1) is 0 Å². The second-order valence-electron chi connectivity index (χ2n) is 5.33. The van der Waals surface area contributed by atoms with Crippen molar-refractivity contribution in [2.24, 2.45) is 0 Å². The van der Waals surface area contributed by atoms with E-state index in [9.17, 15) is 4.79 Å². The van der Waals surface area contributed by atoms with Gasteiger partial charge >= 0.3 is 5.97 Å². The van der Waals surface area contributed by atoms with E-state index < -0.39 is 0 Å². The number of rotatable bonds is 4. The molecule has 0 atom stereocenters. The lowest BCUT2D eigenvalue weighted by Crippen LogP contribution is -2.15. The number of carbonyl (C=O) groups excluding carboxylic acids is 1. The second kappa shape index (κ2) is 7.01. The largest absolute Gasteiger partial charge is 0.486 e. The average Bonchev–Trinajstić information content (AvgIpc) is 2.59. The molecule has 0 saturated heterocycles. The summed E-state index contributed by atoms with van der Waals surface area (Å²) in [6, 6.07) is 13.4. The number of fused-ring (bicyclic) bond motifs is 1.